The number of rotatable bonds is 3. The predicted octanol–water partition coefficient (Wildman–Crippen LogP) is 2.26. The smallest absolute Gasteiger partial charge is 0.275 e. The second kappa shape index (κ2) is 5.28. The topological polar surface area (TPSA) is 85.1 Å². The molecule has 7 heteroatoms. The van der Waals surface area contributed by atoms with E-state index in [1.54, 1.807) is 23.6 Å². The van der Waals surface area contributed by atoms with Gasteiger partial charge in [-0.05, 0) is 39.5 Å². The third kappa shape index (κ3) is 2.57. The third-order valence-electron chi connectivity index (χ3n) is 2.11. The third-order valence-corrected chi connectivity index (χ3v) is 3.68. The Morgan fingerprint density at radius 1 is 1.39 bits per heavy atom. The van der Waals surface area contributed by atoms with Gasteiger partial charge in [-0.25, -0.2) is 4.98 Å². The molecule has 2 aromatic rings. The van der Waals surface area contributed by atoms with Crippen LogP contribution in [0.2, 0.25) is 0 Å². The number of nitrogens with zero attached hydrogens (tertiary/aromatic N) is 1. The van der Waals surface area contributed by atoms with Crippen LogP contribution in [0.5, 0.6) is 0 Å². The second-order valence-corrected chi connectivity index (χ2v) is 5.09. The van der Waals surface area contributed by atoms with Crippen LogP contribution in [0.3, 0.4) is 0 Å². The van der Waals surface area contributed by atoms with Gasteiger partial charge in [-0.15, -0.1) is 11.3 Å². The summed E-state index contributed by atoms with van der Waals surface area (Å²) in [6.45, 7) is 0. The highest BCUT2D eigenvalue weighted by Gasteiger charge is 2.16. The fourth-order valence-corrected chi connectivity index (χ4v) is 2.47. The Labute approximate surface area is 115 Å². The number of primary amides is 1. The molecule has 2 amide bonds. The van der Waals surface area contributed by atoms with E-state index in [2.05, 4.69) is 26.2 Å². The van der Waals surface area contributed by atoms with E-state index < -0.39 is 11.8 Å². The number of carbonyl (C=O) groups excluding carboxylic acids is 2. The summed E-state index contributed by atoms with van der Waals surface area (Å²) in [4.78, 5) is 27.4. The molecule has 2 rings (SSSR count). The van der Waals surface area contributed by atoms with Crippen molar-refractivity contribution in [3.8, 4) is 0 Å². The van der Waals surface area contributed by atoms with Crippen molar-refractivity contribution in [1.82, 2.24) is 4.98 Å². The number of carbonyl (C=O) groups is 2. The zero-order chi connectivity index (χ0) is 13.1. The number of anilines is 1. The minimum Gasteiger partial charge on any atom is -0.365 e. The highest BCUT2D eigenvalue weighted by molar-refractivity contribution is 9.10. The summed E-state index contributed by atoms with van der Waals surface area (Å²) in [7, 11) is 0. The van der Waals surface area contributed by atoms with Gasteiger partial charge in [0, 0.05) is 10.7 Å². The molecule has 0 bridgehead atoms. The Balaban J connectivity index is 2.25. The van der Waals surface area contributed by atoms with Crippen LogP contribution in [-0.2, 0) is 0 Å². The molecule has 0 saturated heterocycles. The maximum Gasteiger partial charge on any atom is 0.275 e. The van der Waals surface area contributed by atoms with E-state index in [9.17, 15) is 9.59 Å². The molecule has 18 heavy (non-hydrogen) atoms. The van der Waals surface area contributed by atoms with Crippen molar-refractivity contribution in [3.63, 3.8) is 0 Å². The average molecular weight is 326 g/mol. The Morgan fingerprint density at radius 2 is 2.17 bits per heavy atom. The van der Waals surface area contributed by atoms with Crippen LogP contribution >= 0.6 is 27.3 Å². The predicted molar refractivity (Wildman–Crippen MR) is 72.7 cm³/mol. The summed E-state index contributed by atoms with van der Waals surface area (Å²) in [5.74, 6) is -0.969. The van der Waals surface area contributed by atoms with Crippen molar-refractivity contribution >= 4 is 44.8 Å². The Kier molecular flexibility index (Phi) is 3.73. The summed E-state index contributed by atoms with van der Waals surface area (Å²) in [6, 6.07) is 5.05. The molecule has 0 aliphatic carbocycles. The van der Waals surface area contributed by atoms with Crippen molar-refractivity contribution in [2.45, 2.75) is 0 Å². The molecule has 3 N–H and O–H groups in total. The minimum absolute atomic E-state index is 0.249. The Bertz CT molecular complexity index is 612. The first-order valence-corrected chi connectivity index (χ1v) is 6.56. The number of hydrogen-bond donors (Lipinski definition) is 2. The standard InChI is InChI=1S/C11H8BrN3O2S/c12-6-2-1-4-14-8(6)11(17)15-7-3-5-18-9(7)10(13)16/h1-5H,(H2,13,16)(H,15,17). The SMILES string of the molecule is NC(=O)c1sccc1NC(=O)c1ncccc1Br. The molecule has 0 saturated carbocycles. The van der Waals surface area contributed by atoms with Gasteiger partial charge in [-0.1, -0.05) is 0 Å². The van der Waals surface area contributed by atoms with E-state index in [-0.39, 0.29) is 5.69 Å². The van der Waals surface area contributed by atoms with Crippen LogP contribution in [-0.4, -0.2) is 16.8 Å². The van der Waals surface area contributed by atoms with Crippen molar-refractivity contribution in [2.75, 3.05) is 5.32 Å². The maximum absolute atomic E-state index is 12.0. The van der Waals surface area contributed by atoms with Gasteiger partial charge in [-0.3, -0.25) is 9.59 Å². The first-order valence-electron chi connectivity index (χ1n) is 4.88. The molecule has 0 atom stereocenters. The van der Waals surface area contributed by atoms with Gasteiger partial charge < -0.3 is 11.1 Å². The molecule has 2 heterocycles. The summed E-state index contributed by atoms with van der Waals surface area (Å²) < 4.78 is 0.582. The number of hydrogen-bond acceptors (Lipinski definition) is 4. The van der Waals surface area contributed by atoms with Gasteiger partial charge in [0.25, 0.3) is 11.8 Å². The Morgan fingerprint density at radius 3 is 2.83 bits per heavy atom. The van der Waals surface area contributed by atoms with E-state index in [0.717, 1.165) is 0 Å². The van der Waals surface area contributed by atoms with Gasteiger partial charge in [0.1, 0.15) is 10.6 Å². The van der Waals surface area contributed by atoms with E-state index in [4.69, 9.17) is 5.73 Å². The molecule has 0 aromatic carbocycles. The molecule has 0 spiro atoms. The van der Waals surface area contributed by atoms with Gasteiger partial charge in [0.05, 0.1) is 5.69 Å². The first-order chi connectivity index (χ1) is 8.59. The highest BCUT2D eigenvalue weighted by atomic mass is 79.9. The summed E-state index contributed by atoms with van der Waals surface area (Å²) >= 11 is 4.41. The molecular weight excluding hydrogens is 318 g/mol. The summed E-state index contributed by atoms with van der Waals surface area (Å²) in [5.41, 5.74) is 5.85. The van der Waals surface area contributed by atoms with Crippen LogP contribution < -0.4 is 11.1 Å². The number of halogens is 1. The maximum atomic E-state index is 12.0. The number of nitrogens with one attached hydrogen (secondary N) is 1. The molecule has 2 aromatic heterocycles. The van der Waals surface area contributed by atoms with Crippen molar-refractivity contribution in [2.24, 2.45) is 5.73 Å². The van der Waals surface area contributed by atoms with Crippen molar-refractivity contribution in [1.29, 1.82) is 0 Å². The minimum atomic E-state index is -0.569. The van der Waals surface area contributed by atoms with Crippen LogP contribution in [0.15, 0.2) is 34.2 Å². The molecular formula is C11H8BrN3O2S. The molecule has 0 fully saturated rings. The number of nitrogens with two attached hydrogens (primary N) is 1. The fraction of sp³-hybridized carbons (Fsp3) is 0. The normalized spacial score (nSPS) is 10.1. The Hall–Kier alpha value is -1.73. The first kappa shape index (κ1) is 12.7. The molecule has 0 unspecified atom stereocenters. The van der Waals surface area contributed by atoms with E-state index in [1.807, 2.05) is 0 Å². The lowest BCUT2D eigenvalue weighted by atomic mass is 10.3. The van der Waals surface area contributed by atoms with E-state index in [1.165, 1.54) is 17.5 Å². The highest BCUT2D eigenvalue weighted by Crippen LogP contribution is 2.23. The number of amides is 2. The quantitative estimate of drug-likeness (QED) is 0.907. The number of pyridine rings is 1. The summed E-state index contributed by atoms with van der Waals surface area (Å²) in [6.07, 6.45) is 1.52. The van der Waals surface area contributed by atoms with Crippen LogP contribution in [0.25, 0.3) is 0 Å². The van der Waals surface area contributed by atoms with E-state index >= 15 is 0 Å². The van der Waals surface area contributed by atoms with Gasteiger partial charge >= 0.3 is 0 Å². The lowest BCUT2D eigenvalue weighted by Gasteiger charge is -2.05. The monoisotopic (exact) mass is 325 g/mol. The molecule has 5 nitrogen and oxygen atoms in total. The van der Waals surface area contributed by atoms with Crippen LogP contribution in [0, 0.1) is 0 Å². The van der Waals surface area contributed by atoms with E-state index in [0.29, 0.717) is 15.0 Å². The number of aromatic nitrogens is 1. The van der Waals surface area contributed by atoms with Crippen LogP contribution in [0.4, 0.5) is 5.69 Å². The lowest BCUT2D eigenvalue weighted by Crippen LogP contribution is -2.17. The molecule has 92 valence electrons. The van der Waals surface area contributed by atoms with Crippen LogP contribution in [0.1, 0.15) is 20.2 Å². The largest absolute Gasteiger partial charge is 0.365 e. The lowest BCUT2D eigenvalue weighted by molar-refractivity contribution is 0.100. The molecule has 0 aliphatic heterocycles. The number of thiophene rings is 1. The van der Waals surface area contributed by atoms with Gasteiger partial charge in [0.15, 0.2) is 0 Å². The van der Waals surface area contributed by atoms with Crippen molar-refractivity contribution < 1.29 is 9.59 Å². The zero-order valence-electron chi connectivity index (χ0n) is 9.01. The van der Waals surface area contributed by atoms with Crippen molar-refractivity contribution in [3.05, 3.63) is 44.8 Å². The van der Waals surface area contributed by atoms with Gasteiger partial charge in [-0.2, -0.15) is 0 Å². The molecule has 0 aliphatic rings. The average Bonchev–Trinajstić information content (AvgIpc) is 2.77. The zero-order valence-corrected chi connectivity index (χ0v) is 11.4. The second-order valence-electron chi connectivity index (χ2n) is 3.32. The summed E-state index contributed by atoms with van der Waals surface area (Å²) in [5, 5.41) is 4.29. The molecule has 0 radical (unpaired) electrons. The van der Waals surface area contributed by atoms with Gasteiger partial charge in [0.2, 0.25) is 0 Å². The fourth-order valence-electron chi connectivity index (χ4n) is 1.33.